The molecule has 3 heterocycles. The van der Waals surface area contributed by atoms with Crippen molar-refractivity contribution < 1.29 is 37.4 Å². The highest BCUT2D eigenvalue weighted by Crippen LogP contribution is 2.66. The van der Waals surface area contributed by atoms with Crippen LogP contribution in [0.2, 0.25) is 0 Å². The monoisotopic (exact) mass is 589 g/mol. The number of fused-ring (bicyclic) bond motifs is 2. The van der Waals surface area contributed by atoms with E-state index >= 15 is 4.39 Å². The summed E-state index contributed by atoms with van der Waals surface area (Å²) in [5, 5.41) is 14.0. The predicted octanol–water partition coefficient (Wildman–Crippen LogP) is 1.57. The Balaban J connectivity index is 1.45. The van der Waals surface area contributed by atoms with Gasteiger partial charge in [-0.05, 0) is 26.0 Å². The van der Waals surface area contributed by atoms with Gasteiger partial charge in [0.15, 0.2) is 28.8 Å². The smallest absolute Gasteiger partial charge is 0.459 e. The highest BCUT2D eigenvalue weighted by Gasteiger charge is 2.87. The molecule has 1 aliphatic carbocycles. The molecule has 2 fully saturated rings. The quantitative estimate of drug-likeness (QED) is 0.177. The fraction of sp³-hybridized carbons (Fsp3) is 0.440. The number of halogens is 1. The Labute approximate surface area is 234 Å². The maximum absolute atomic E-state index is 16.7. The molecule has 1 saturated heterocycles. The molecule has 3 aromatic rings. The first-order chi connectivity index (χ1) is 19.4. The van der Waals surface area contributed by atoms with Crippen molar-refractivity contribution in [3.63, 3.8) is 0 Å². The molecule has 7 atom stereocenters. The zero-order chi connectivity index (χ0) is 29.7. The van der Waals surface area contributed by atoms with Gasteiger partial charge in [0.2, 0.25) is 11.6 Å². The first-order valence-corrected chi connectivity index (χ1v) is 14.1. The SMILES string of the molecule is C#C[C@]1(F)[C@H](n2cnc3c(N(C)C)nc(N)nc32)O[C@@H]2C(OP(=O)(N[C@@H](C)C(=O)OCC)Oc3ccccc3)[C@@]21O. The molecule has 0 bridgehead atoms. The molecule has 218 valence electrons. The lowest BCUT2D eigenvalue weighted by molar-refractivity contribution is -0.144. The van der Waals surface area contributed by atoms with Crippen molar-refractivity contribution in [2.45, 2.75) is 49.6 Å². The molecule has 2 aromatic heterocycles. The normalized spacial score (nSPS) is 28.8. The topological polar surface area (TPSA) is 176 Å². The van der Waals surface area contributed by atoms with Gasteiger partial charge in [-0.2, -0.15) is 15.1 Å². The Kier molecular flexibility index (Phi) is 7.17. The molecular formula is C25H29FN7O7P. The summed E-state index contributed by atoms with van der Waals surface area (Å²) in [6, 6.07) is 6.81. The average Bonchev–Trinajstić information content (AvgIpc) is 3.19. The predicted molar refractivity (Wildman–Crippen MR) is 144 cm³/mol. The number of ether oxygens (including phenoxy) is 2. The van der Waals surface area contributed by atoms with E-state index in [9.17, 15) is 14.5 Å². The number of carbonyl (C=O) groups is 1. The van der Waals surface area contributed by atoms with E-state index in [1.54, 1.807) is 44.1 Å². The van der Waals surface area contributed by atoms with E-state index in [2.05, 4.69) is 20.0 Å². The maximum atomic E-state index is 16.7. The fourth-order valence-corrected chi connectivity index (χ4v) is 6.43. The van der Waals surface area contributed by atoms with Crippen molar-refractivity contribution in [2.75, 3.05) is 31.3 Å². The van der Waals surface area contributed by atoms with E-state index in [-0.39, 0.29) is 24.0 Å². The largest absolute Gasteiger partial charge is 0.465 e. The molecule has 2 aliphatic rings. The molecular weight excluding hydrogens is 560 g/mol. The standard InChI is InChI=1S/C25H29FN7O7P/c1-6-24(26)22(33-13-28-16-19(32(4)5)29-23(27)30-20(16)33)38-17-18(25(17,24)35)40-41(36,31-14(3)21(34)37-7-2)39-15-11-9-8-10-12-15/h1,8-14,17-18,22,35H,7H2,2-5H3,(H,31,36)(H2,27,29,30)/t14-,17+,18?,22+,24-,25-,41?/m0/s1. The Hall–Kier alpha value is -3.80. The minimum Gasteiger partial charge on any atom is -0.465 e. The summed E-state index contributed by atoms with van der Waals surface area (Å²) in [7, 11) is -1.02. The average molecular weight is 590 g/mol. The van der Waals surface area contributed by atoms with Gasteiger partial charge in [0.1, 0.15) is 24.0 Å². The van der Waals surface area contributed by atoms with Crippen LogP contribution in [0.25, 0.3) is 11.2 Å². The van der Waals surface area contributed by atoms with Crippen LogP contribution in [0.3, 0.4) is 0 Å². The van der Waals surface area contributed by atoms with Crippen LogP contribution in [0.1, 0.15) is 20.1 Å². The van der Waals surface area contributed by atoms with Gasteiger partial charge in [-0.3, -0.25) is 13.9 Å². The number of nitrogens with two attached hydrogens (primary N) is 1. The van der Waals surface area contributed by atoms with Gasteiger partial charge in [0.25, 0.3) is 0 Å². The summed E-state index contributed by atoms with van der Waals surface area (Å²) in [6.07, 6.45) is 2.37. The number of hydrogen-bond acceptors (Lipinski definition) is 12. The number of rotatable bonds is 10. The van der Waals surface area contributed by atoms with Crippen molar-refractivity contribution >= 4 is 36.6 Å². The van der Waals surface area contributed by atoms with E-state index in [4.69, 9.17) is 30.7 Å². The van der Waals surface area contributed by atoms with Crippen molar-refractivity contribution in [3.8, 4) is 18.1 Å². The van der Waals surface area contributed by atoms with E-state index in [0.29, 0.717) is 11.3 Å². The van der Waals surface area contributed by atoms with Crippen LogP contribution in [0.15, 0.2) is 36.7 Å². The number of carbonyl (C=O) groups excluding carboxylic acids is 1. The lowest BCUT2D eigenvalue weighted by atomic mass is 9.96. The van der Waals surface area contributed by atoms with E-state index < -0.39 is 49.5 Å². The third-order valence-electron chi connectivity index (χ3n) is 6.75. The highest BCUT2D eigenvalue weighted by atomic mass is 31.2. The third-order valence-corrected chi connectivity index (χ3v) is 8.41. The van der Waals surface area contributed by atoms with Crippen LogP contribution >= 0.6 is 7.75 Å². The molecule has 2 unspecified atom stereocenters. The molecule has 1 aromatic carbocycles. The number of alkyl halides is 1. The van der Waals surface area contributed by atoms with Crippen LogP contribution < -0.4 is 20.2 Å². The van der Waals surface area contributed by atoms with Crippen molar-refractivity contribution in [1.29, 1.82) is 0 Å². The van der Waals surface area contributed by atoms with Crippen LogP contribution in [0.4, 0.5) is 16.2 Å². The molecule has 1 aliphatic heterocycles. The van der Waals surface area contributed by atoms with E-state index in [0.717, 1.165) is 0 Å². The van der Waals surface area contributed by atoms with Crippen molar-refractivity contribution in [2.24, 2.45) is 0 Å². The first kappa shape index (κ1) is 28.7. The molecule has 0 amide bonds. The number of imidazole rings is 1. The van der Waals surface area contributed by atoms with Crippen molar-refractivity contribution in [1.82, 2.24) is 24.6 Å². The molecule has 4 N–H and O–H groups in total. The van der Waals surface area contributed by atoms with Gasteiger partial charge in [-0.15, -0.1) is 6.42 Å². The number of nitrogens with zero attached hydrogens (tertiary/aromatic N) is 5. The van der Waals surface area contributed by atoms with E-state index in [1.165, 1.54) is 30.0 Å². The molecule has 14 nitrogen and oxygen atoms in total. The van der Waals surface area contributed by atoms with Gasteiger partial charge >= 0.3 is 13.7 Å². The second-order valence-electron chi connectivity index (χ2n) is 9.75. The first-order valence-electron chi connectivity index (χ1n) is 12.6. The van der Waals surface area contributed by atoms with Gasteiger partial charge in [0.05, 0.1) is 12.9 Å². The Morgan fingerprint density at radius 3 is 2.73 bits per heavy atom. The molecule has 16 heteroatoms. The van der Waals surface area contributed by atoms with Gasteiger partial charge in [-0.25, -0.2) is 13.9 Å². The molecule has 5 rings (SSSR count). The Morgan fingerprint density at radius 1 is 1.39 bits per heavy atom. The second kappa shape index (κ2) is 10.2. The highest BCUT2D eigenvalue weighted by molar-refractivity contribution is 7.52. The number of benzene rings is 1. The third kappa shape index (κ3) is 4.67. The summed E-state index contributed by atoms with van der Waals surface area (Å²) in [6.45, 7) is 3.08. The fourth-order valence-electron chi connectivity index (χ4n) is 4.72. The van der Waals surface area contributed by atoms with Gasteiger partial charge < -0.3 is 29.7 Å². The zero-order valence-corrected chi connectivity index (χ0v) is 23.5. The number of hydrogen-bond donors (Lipinski definition) is 3. The van der Waals surface area contributed by atoms with Crippen LogP contribution in [0, 0.1) is 12.3 Å². The summed E-state index contributed by atoms with van der Waals surface area (Å²) < 4.78 is 53.9. The Morgan fingerprint density at radius 2 is 2.10 bits per heavy atom. The minimum atomic E-state index is -4.46. The molecule has 41 heavy (non-hydrogen) atoms. The number of terminal acetylenes is 1. The number of esters is 1. The summed E-state index contributed by atoms with van der Waals surface area (Å²) >= 11 is 0. The second-order valence-corrected chi connectivity index (χ2v) is 11.4. The number of nitrogen functional groups attached to an aromatic ring is 1. The number of aromatic nitrogens is 4. The summed E-state index contributed by atoms with van der Waals surface area (Å²) in [5.41, 5.74) is 0.931. The van der Waals surface area contributed by atoms with Crippen LogP contribution in [0.5, 0.6) is 5.75 Å². The van der Waals surface area contributed by atoms with Crippen LogP contribution in [-0.4, -0.2) is 80.8 Å². The minimum absolute atomic E-state index is 0.0807. The molecule has 0 spiro atoms. The number of anilines is 2. The zero-order valence-electron chi connectivity index (χ0n) is 22.6. The lowest BCUT2D eigenvalue weighted by Crippen LogP contribution is -2.47. The summed E-state index contributed by atoms with van der Waals surface area (Å²) in [5.74, 6) is 1.66. The van der Waals surface area contributed by atoms with Gasteiger partial charge in [0, 0.05) is 14.1 Å². The number of aliphatic hydroxyl groups is 1. The van der Waals surface area contributed by atoms with E-state index in [1.807, 2.05) is 5.92 Å². The molecule has 0 radical (unpaired) electrons. The van der Waals surface area contributed by atoms with Crippen LogP contribution in [-0.2, 0) is 23.4 Å². The molecule has 1 saturated carbocycles. The maximum Gasteiger partial charge on any atom is 0.459 e. The van der Waals surface area contributed by atoms with Gasteiger partial charge in [-0.1, -0.05) is 24.1 Å². The number of nitrogens with one attached hydrogen (secondary N) is 1. The summed E-state index contributed by atoms with van der Waals surface area (Å²) in [4.78, 5) is 26.5. The van der Waals surface area contributed by atoms with Crippen molar-refractivity contribution in [3.05, 3.63) is 36.7 Å². The lowest BCUT2D eigenvalue weighted by Gasteiger charge is -2.31. The Bertz CT molecular complexity index is 1570. The number of para-hydroxylation sites is 1.